The van der Waals surface area contributed by atoms with Gasteiger partial charge in [0.25, 0.3) is 5.91 Å². The molecule has 6 nitrogen and oxygen atoms in total. The van der Waals surface area contributed by atoms with E-state index in [2.05, 4.69) is 24.5 Å². The molecule has 3 amide bonds. The van der Waals surface area contributed by atoms with Crippen LogP contribution in [0.1, 0.15) is 70.2 Å². The summed E-state index contributed by atoms with van der Waals surface area (Å²) in [6.07, 6.45) is 4.01. The van der Waals surface area contributed by atoms with Gasteiger partial charge in [-0.3, -0.25) is 14.4 Å². The molecule has 1 aromatic rings. The molecule has 1 aromatic carbocycles. The standard InChI is InChI=1S/C24H37N3O3/c1-5-17(4)21(26-22(28)19-11-9-8-10-12-19)23(29)25-20-13-15-27(16-14-20)24(30)18(6-2)7-3/h8-12,17-18,20-21H,5-7,13-16H2,1-4H3,(H,25,29)(H,26,28). The Hall–Kier alpha value is -2.37. The van der Waals surface area contributed by atoms with E-state index in [1.54, 1.807) is 12.1 Å². The SMILES string of the molecule is CCC(CC)C(=O)N1CCC(NC(=O)C(NC(=O)c2ccccc2)C(C)CC)CC1. The molecule has 0 bridgehead atoms. The Labute approximate surface area is 180 Å². The van der Waals surface area contributed by atoms with Crippen LogP contribution in [0, 0.1) is 11.8 Å². The molecule has 2 unspecified atom stereocenters. The van der Waals surface area contributed by atoms with Crippen molar-refractivity contribution in [3.63, 3.8) is 0 Å². The van der Waals surface area contributed by atoms with E-state index in [-0.39, 0.29) is 35.6 Å². The molecule has 30 heavy (non-hydrogen) atoms. The van der Waals surface area contributed by atoms with E-state index in [9.17, 15) is 14.4 Å². The van der Waals surface area contributed by atoms with Crippen molar-refractivity contribution in [1.82, 2.24) is 15.5 Å². The molecule has 2 atom stereocenters. The lowest BCUT2D eigenvalue weighted by Crippen LogP contribution is -2.55. The van der Waals surface area contributed by atoms with Gasteiger partial charge >= 0.3 is 0 Å². The van der Waals surface area contributed by atoms with Crippen LogP contribution in [0.15, 0.2) is 30.3 Å². The van der Waals surface area contributed by atoms with Crippen LogP contribution in [0.2, 0.25) is 0 Å². The zero-order chi connectivity index (χ0) is 22.1. The van der Waals surface area contributed by atoms with Crippen LogP contribution in [0.3, 0.4) is 0 Å². The molecule has 0 aromatic heterocycles. The molecule has 2 rings (SSSR count). The van der Waals surface area contributed by atoms with E-state index in [0.717, 1.165) is 32.1 Å². The largest absolute Gasteiger partial charge is 0.351 e. The minimum atomic E-state index is -0.577. The van der Waals surface area contributed by atoms with E-state index in [0.29, 0.717) is 18.7 Å². The highest BCUT2D eigenvalue weighted by Crippen LogP contribution is 2.18. The van der Waals surface area contributed by atoms with Gasteiger partial charge in [0, 0.05) is 30.6 Å². The van der Waals surface area contributed by atoms with Gasteiger partial charge in [0.1, 0.15) is 6.04 Å². The van der Waals surface area contributed by atoms with E-state index >= 15 is 0 Å². The Morgan fingerprint density at radius 1 is 1.00 bits per heavy atom. The lowest BCUT2D eigenvalue weighted by molar-refractivity contribution is -0.137. The third-order valence-corrected chi connectivity index (χ3v) is 6.31. The molecule has 0 spiro atoms. The van der Waals surface area contributed by atoms with Crippen molar-refractivity contribution < 1.29 is 14.4 Å². The topological polar surface area (TPSA) is 78.5 Å². The molecular formula is C24H37N3O3. The first-order valence-corrected chi connectivity index (χ1v) is 11.4. The van der Waals surface area contributed by atoms with Crippen molar-refractivity contribution in [2.75, 3.05) is 13.1 Å². The zero-order valence-electron chi connectivity index (χ0n) is 18.8. The number of carbonyl (C=O) groups excluding carboxylic acids is 3. The van der Waals surface area contributed by atoms with Gasteiger partial charge in [-0.15, -0.1) is 0 Å². The molecule has 1 saturated heterocycles. The van der Waals surface area contributed by atoms with Gasteiger partial charge < -0.3 is 15.5 Å². The summed E-state index contributed by atoms with van der Waals surface area (Å²) >= 11 is 0. The summed E-state index contributed by atoms with van der Waals surface area (Å²) in [7, 11) is 0. The second-order valence-electron chi connectivity index (χ2n) is 8.32. The fourth-order valence-corrected chi connectivity index (χ4v) is 3.95. The molecule has 0 saturated carbocycles. The van der Waals surface area contributed by atoms with Gasteiger partial charge in [0.2, 0.25) is 11.8 Å². The summed E-state index contributed by atoms with van der Waals surface area (Å²) < 4.78 is 0. The average Bonchev–Trinajstić information content (AvgIpc) is 2.78. The van der Waals surface area contributed by atoms with Crippen molar-refractivity contribution in [3.05, 3.63) is 35.9 Å². The van der Waals surface area contributed by atoms with Crippen LogP contribution in [0.25, 0.3) is 0 Å². The van der Waals surface area contributed by atoms with Crippen molar-refractivity contribution in [2.24, 2.45) is 11.8 Å². The predicted molar refractivity (Wildman–Crippen MR) is 119 cm³/mol. The van der Waals surface area contributed by atoms with Gasteiger partial charge in [0.15, 0.2) is 0 Å². The van der Waals surface area contributed by atoms with Gasteiger partial charge in [-0.1, -0.05) is 52.3 Å². The maximum Gasteiger partial charge on any atom is 0.251 e. The normalized spacial score (nSPS) is 16.8. The number of likely N-dealkylation sites (tertiary alicyclic amines) is 1. The smallest absolute Gasteiger partial charge is 0.251 e. The number of nitrogens with zero attached hydrogens (tertiary/aromatic N) is 1. The highest BCUT2D eigenvalue weighted by molar-refractivity contribution is 5.97. The number of hydrogen-bond donors (Lipinski definition) is 2. The quantitative estimate of drug-likeness (QED) is 0.649. The van der Waals surface area contributed by atoms with E-state index < -0.39 is 6.04 Å². The Balaban J connectivity index is 1.93. The van der Waals surface area contributed by atoms with Crippen molar-refractivity contribution in [2.45, 2.75) is 71.9 Å². The fraction of sp³-hybridized carbons (Fsp3) is 0.625. The molecular weight excluding hydrogens is 378 g/mol. The van der Waals surface area contributed by atoms with Crippen molar-refractivity contribution in [3.8, 4) is 0 Å². The fourth-order valence-electron chi connectivity index (χ4n) is 3.95. The van der Waals surface area contributed by atoms with Gasteiger partial charge in [-0.05, 0) is 43.7 Å². The number of benzene rings is 1. The minimum Gasteiger partial charge on any atom is -0.351 e. The minimum absolute atomic E-state index is 0.0224. The third-order valence-electron chi connectivity index (χ3n) is 6.31. The molecule has 1 aliphatic rings. The lowest BCUT2D eigenvalue weighted by atomic mass is 9.96. The van der Waals surface area contributed by atoms with Crippen LogP contribution in [-0.4, -0.2) is 47.8 Å². The zero-order valence-corrected chi connectivity index (χ0v) is 18.8. The Bertz CT molecular complexity index is 695. The monoisotopic (exact) mass is 415 g/mol. The summed E-state index contributed by atoms with van der Waals surface area (Å²) in [5, 5.41) is 6.03. The number of carbonyl (C=O) groups is 3. The molecule has 2 N–H and O–H groups in total. The summed E-state index contributed by atoms with van der Waals surface area (Å²) in [6.45, 7) is 9.44. The van der Waals surface area contributed by atoms with E-state index in [4.69, 9.17) is 0 Å². The lowest BCUT2D eigenvalue weighted by Gasteiger charge is -2.35. The van der Waals surface area contributed by atoms with Gasteiger partial charge in [-0.25, -0.2) is 0 Å². The molecule has 6 heteroatoms. The average molecular weight is 416 g/mol. The second kappa shape index (κ2) is 11.7. The Morgan fingerprint density at radius 3 is 2.13 bits per heavy atom. The van der Waals surface area contributed by atoms with Crippen LogP contribution < -0.4 is 10.6 Å². The highest BCUT2D eigenvalue weighted by Gasteiger charge is 2.31. The predicted octanol–water partition coefficient (Wildman–Crippen LogP) is 3.37. The van der Waals surface area contributed by atoms with Crippen LogP contribution in [0.4, 0.5) is 0 Å². The number of nitrogens with one attached hydrogen (secondary N) is 2. The molecule has 0 aliphatic carbocycles. The second-order valence-corrected chi connectivity index (χ2v) is 8.32. The summed E-state index contributed by atoms with van der Waals surface area (Å²) in [5.74, 6) is -0.0225. The number of rotatable bonds is 9. The Morgan fingerprint density at radius 2 is 1.60 bits per heavy atom. The first kappa shape index (κ1) is 23.9. The summed E-state index contributed by atoms with van der Waals surface area (Å²) in [5.41, 5.74) is 0.548. The summed E-state index contributed by atoms with van der Waals surface area (Å²) in [6, 6.07) is 8.42. The molecule has 1 aliphatic heterocycles. The molecule has 1 heterocycles. The number of hydrogen-bond acceptors (Lipinski definition) is 3. The molecule has 1 fully saturated rings. The Kier molecular flexibility index (Phi) is 9.34. The third kappa shape index (κ3) is 6.31. The van der Waals surface area contributed by atoms with Gasteiger partial charge in [-0.2, -0.15) is 0 Å². The molecule has 0 radical (unpaired) electrons. The first-order chi connectivity index (χ1) is 14.4. The van der Waals surface area contributed by atoms with Gasteiger partial charge in [0.05, 0.1) is 0 Å². The maximum absolute atomic E-state index is 13.0. The number of piperidine rings is 1. The van der Waals surface area contributed by atoms with Crippen LogP contribution >= 0.6 is 0 Å². The highest BCUT2D eigenvalue weighted by atomic mass is 16.2. The van der Waals surface area contributed by atoms with E-state index in [1.807, 2.05) is 36.9 Å². The van der Waals surface area contributed by atoms with Crippen molar-refractivity contribution in [1.29, 1.82) is 0 Å². The molecule has 166 valence electrons. The van der Waals surface area contributed by atoms with E-state index in [1.165, 1.54) is 0 Å². The van der Waals surface area contributed by atoms with Crippen LogP contribution in [-0.2, 0) is 9.59 Å². The first-order valence-electron chi connectivity index (χ1n) is 11.4. The van der Waals surface area contributed by atoms with Crippen LogP contribution in [0.5, 0.6) is 0 Å². The number of amides is 3. The summed E-state index contributed by atoms with van der Waals surface area (Å²) in [4.78, 5) is 40.1. The van der Waals surface area contributed by atoms with Crippen molar-refractivity contribution >= 4 is 17.7 Å². The maximum atomic E-state index is 13.0.